The highest BCUT2D eigenvalue weighted by Gasteiger charge is 2.50. The number of carboxylic acids is 1. The molecule has 3 N–H and O–H groups in total. The van der Waals surface area contributed by atoms with Crippen LogP contribution in [0.4, 0.5) is 13.2 Å². The molecule has 1 unspecified atom stereocenters. The Hall–Kier alpha value is -0.780. The van der Waals surface area contributed by atoms with Crippen molar-refractivity contribution >= 4 is 5.97 Å². The maximum absolute atomic E-state index is 12.0. The predicted molar refractivity (Wildman–Crippen MR) is 51.8 cm³/mol. The Morgan fingerprint density at radius 2 is 1.88 bits per heavy atom. The summed E-state index contributed by atoms with van der Waals surface area (Å²) in [4.78, 5) is 11.1. The Balaban J connectivity index is 2.54. The van der Waals surface area contributed by atoms with Crippen LogP contribution in [-0.4, -0.2) is 23.8 Å². The van der Waals surface area contributed by atoms with E-state index in [0.717, 1.165) is 12.8 Å². The van der Waals surface area contributed by atoms with E-state index >= 15 is 0 Å². The van der Waals surface area contributed by atoms with E-state index < -0.39 is 24.0 Å². The molecular weight excluding hydrogens is 223 g/mol. The Morgan fingerprint density at radius 1 is 1.31 bits per heavy atom. The predicted octanol–water partition coefficient (Wildman–Crippen LogP) is 2.16. The second-order valence-electron chi connectivity index (χ2n) is 4.41. The van der Waals surface area contributed by atoms with Gasteiger partial charge in [-0.15, -0.1) is 0 Å². The van der Waals surface area contributed by atoms with Gasteiger partial charge in [-0.05, 0) is 31.6 Å². The van der Waals surface area contributed by atoms with Gasteiger partial charge in [-0.1, -0.05) is 0 Å². The lowest BCUT2D eigenvalue weighted by atomic mass is 9.78. The van der Waals surface area contributed by atoms with Crippen LogP contribution >= 0.6 is 0 Å². The van der Waals surface area contributed by atoms with E-state index in [1.807, 2.05) is 0 Å². The first-order valence-electron chi connectivity index (χ1n) is 5.32. The second kappa shape index (κ2) is 4.61. The molecule has 6 heteroatoms. The molecule has 1 fully saturated rings. The minimum atomic E-state index is -4.22. The molecule has 0 bridgehead atoms. The minimum absolute atomic E-state index is 0.0169. The molecule has 0 spiro atoms. The van der Waals surface area contributed by atoms with Crippen LogP contribution in [0.25, 0.3) is 0 Å². The van der Waals surface area contributed by atoms with Crippen molar-refractivity contribution in [3.8, 4) is 0 Å². The Morgan fingerprint density at radius 3 is 2.19 bits per heavy atom. The molecule has 3 nitrogen and oxygen atoms in total. The van der Waals surface area contributed by atoms with Gasteiger partial charge in [0.05, 0.1) is 5.41 Å². The van der Waals surface area contributed by atoms with Crippen LogP contribution < -0.4 is 5.73 Å². The van der Waals surface area contributed by atoms with E-state index in [2.05, 4.69) is 0 Å². The highest BCUT2D eigenvalue weighted by atomic mass is 19.4. The first-order chi connectivity index (χ1) is 7.32. The first kappa shape index (κ1) is 13.3. The smallest absolute Gasteiger partial charge is 0.389 e. The fraction of sp³-hybridized carbons (Fsp3) is 0.900. The number of aliphatic carboxylic acids is 1. The van der Waals surface area contributed by atoms with Crippen LogP contribution in [0.2, 0.25) is 0 Å². The number of halogens is 3. The van der Waals surface area contributed by atoms with Crippen molar-refractivity contribution in [2.75, 3.05) is 6.54 Å². The van der Waals surface area contributed by atoms with Gasteiger partial charge in [0.2, 0.25) is 0 Å². The van der Waals surface area contributed by atoms with Crippen molar-refractivity contribution < 1.29 is 23.1 Å². The Kier molecular flexibility index (Phi) is 3.83. The summed E-state index contributed by atoms with van der Waals surface area (Å²) >= 11 is 0. The maximum atomic E-state index is 12.0. The highest BCUT2D eigenvalue weighted by Crippen LogP contribution is 2.48. The standard InChI is InChI=1S/C10H16F3NO2/c11-10(12,13)5-1-4-9(6-14,8(15)16)7-2-3-7/h7H,1-6,14H2,(H,15,16). The first-order valence-corrected chi connectivity index (χ1v) is 5.32. The number of rotatable bonds is 6. The summed E-state index contributed by atoms with van der Waals surface area (Å²) in [5, 5.41) is 9.10. The lowest BCUT2D eigenvalue weighted by molar-refractivity contribution is -0.153. The van der Waals surface area contributed by atoms with Crippen molar-refractivity contribution in [1.29, 1.82) is 0 Å². The van der Waals surface area contributed by atoms with Gasteiger partial charge < -0.3 is 10.8 Å². The summed E-state index contributed by atoms with van der Waals surface area (Å²) in [6.45, 7) is -0.0785. The average molecular weight is 239 g/mol. The zero-order chi connectivity index (χ0) is 12.4. The monoisotopic (exact) mass is 239 g/mol. The van der Waals surface area contributed by atoms with Crippen molar-refractivity contribution in [3.05, 3.63) is 0 Å². The number of carbonyl (C=O) groups is 1. The van der Waals surface area contributed by atoms with Crippen LogP contribution in [0.1, 0.15) is 32.1 Å². The van der Waals surface area contributed by atoms with E-state index in [-0.39, 0.29) is 25.3 Å². The van der Waals surface area contributed by atoms with Gasteiger partial charge in [0.15, 0.2) is 0 Å². The molecule has 94 valence electrons. The van der Waals surface area contributed by atoms with Gasteiger partial charge >= 0.3 is 12.1 Å². The van der Waals surface area contributed by atoms with Crippen molar-refractivity contribution in [2.45, 2.75) is 38.3 Å². The molecule has 0 aromatic rings. The van der Waals surface area contributed by atoms with Gasteiger partial charge in [-0.25, -0.2) is 0 Å². The van der Waals surface area contributed by atoms with Crippen molar-refractivity contribution in [3.63, 3.8) is 0 Å². The highest BCUT2D eigenvalue weighted by molar-refractivity contribution is 5.75. The molecular formula is C10H16F3NO2. The molecule has 1 saturated carbocycles. The van der Waals surface area contributed by atoms with Crippen LogP contribution in [0.15, 0.2) is 0 Å². The lowest BCUT2D eigenvalue weighted by Crippen LogP contribution is -2.40. The number of hydrogen-bond acceptors (Lipinski definition) is 2. The zero-order valence-corrected chi connectivity index (χ0v) is 8.89. The molecule has 0 radical (unpaired) electrons. The van der Waals surface area contributed by atoms with E-state index in [4.69, 9.17) is 10.8 Å². The fourth-order valence-corrected chi connectivity index (χ4v) is 2.08. The Labute approximate surface area is 91.8 Å². The van der Waals surface area contributed by atoms with Gasteiger partial charge in [-0.2, -0.15) is 13.2 Å². The molecule has 0 aromatic carbocycles. The third-order valence-corrected chi connectivity index (χ3v) is 3.23. The fourth-order valence-electron chi connectivity index (χ4n) is 2.08. The average Bonchev–Trinajstić information content (AvgIpc) is 2.93. The van der Waals surface area contributed by atoms with E-state index in [1.54, 1.807) is 0 Å². The second-order valence-corrected chi connectivity index (χ2v) is 4.41. The van der Waals surface area contributed by atoms with E-state index in [9.17, 15) is 18.0 Å². The summed E-state index contributed by atoms with van der Waals surface area (Å²) in [5.74, 6) is -1.09. The van der Waals surface area contributed by atoms with Crippen molar-refractivity contribution in [2.24, 2.45) is 17.1 Å². The van der Waals surface area contributed by atoms with Gasteiger partial charge in [-0.3, -0.25) is 4.79 Å². The molecule has 1 aliphatic carbocycles. The zero-order valence-electron chi connectivity index (χ0n) is 8.89. The number of hydrogen-bond donors (Lipinski definition) is 2. The normalized spacial score (nSPS) is 20.5. The van der Waals surface area contributed by atoms with Crippen LogP contribution in [-0.2, 0) is 4.79 Å². The molecule has 0 aliphatic heterocycles. The topological polar surface area (TPSA) is 63.3 Å². The molecule has 0 heterocycles. The van der Waals surface area contributed by atoms with Crippen LogP contribution in [0.5, 0.6) is 0 Å². The molecule has 16 heavy (non-hydrogen) atoms. The molecule has 1 atom stereocenters. The third-order valence-electron chi connectivity index (χ3n) is 3.23. The summed E-state index contributed by atoms with van der Waals surface area (Å²) in [6.07, 6.45) is -3.78. The molecule has 0 aromatic heterocycles. The quantitative estimate of drug-likeness (QED) is 0.746. The third kappa shape index (κ3) is 3.10. The molecule has 1 rings (SSSR count). The van der Waals surface area contributed by atoms with Crippen molar-refractivity contribution in [1.82, 2.24) is 0 Å². The van der Waals surface area contributed by atoms with Crippen LogP contribution in [0, 0.1) is 11.3 Å². The number of carboxylic acid groups (broad SMARTS) is 1. The molecule has 0 saturated heterocycles. The van der Waals surface area contributed by atoms with Crippen LogP contribution in [0.3, 0.4) is 0 Å². The van der Waals surface area contributed by atoms with Gasteiger partial charge in [0, 0.05) is 13.0 Å². The van der Waals surface area contributed by atoms with E-state index in [1.165, 1.54) is 0 Å². The maximum Gasteiger partial charge on any atom is 0.389 e. The largest absolute Gasteiger partial charge is 0.481 e. The SMILES string of the molecule is NCC(CCCC(F)(F)F)(C(=O)O)C1CC1. The lowest BCUT2D eigenvalue weighted by Gasteiger charge is -2.28. The van der Waals surface area contributed by atoms with E-state index in [0.29, 0.717) is 0 Å². The summed E-state index contributed by atoms with van der Waals surface area (Å²) in [7, 11) is 0. The summed E-state index contributed by atoms with van der Waals surface area (Å²) < 4.78 is 35.9. The Bertz CT molecular complexity index is 263. The summed E-state index contributed by atoms with van der Waals surface area (Å²) in [5.41, 5.74) is 4.30. The number of nitrogens with two attached hydrogens (primary N) is 1. The van der Waals surface area contributed by atoms with Gasteiger partial charge in [0.1, 0.15) is 0 Å². The number of alkyl halides is 3. The summed E-state index contributed by atoms with van der Waals surface area (Å²) in [6, 6.07) is 0. The van der Waals surface area contributed by atoms with Gasteiger partial charge in [0.25, 0.3) is 0 Å². The molecule has 1 aliphatic rings. The molecule has 0 amide bonds. The minimum Gasteiger partial charge on any atom is -0.481 e.